The number of benzene rings is 2. The van der Waals surface area contributed by atoms with Crippen LogP contribution in [-0.2, 0) is 13.2 Å². The lowest BCUT2D eigenvalue weighted by Gasteiger charge is -2.11. The van der Waals surface area contributed by atoms with Crippen LogP contribution in [0.2, 0.25) is 0 Å². The van der Waals surface area contributed by atoms with Gasteiger partial charge in [-0.2, -0.15) is 0 Å². The van der Waals surface area contributed by atoms with Gasteiger partial charge in [-0.05, 0) is 41.8 Å². The second-order valence-corrected chi connectivity index (χ2v) is 4.51. The molecule has 2 aromatic carbocycles. The molecule has 0 unspecified atom stereocenters. The fourth-order valence-electron chi connectivity index (χ4n) is 1.92. The quantitative estimate of drug-likeness (QED) is 0.864. The van der Waals surface area contributed by atoms with Crippen molar-refractivity contribution >= 4 is 5.69 Å². The lowest BCUT2D eigenvalue weighted by atomic mass is 10.1. The zero-order valence-electron chi connectivity index (χ0n) is 11.3. The number of anilines is 1. The summed E-state index contributed by atoms with van der Waals surface area (Å²) in [5.74, 6) is 0.871. The van der Waals surface area contributed by atoms with Crippen LogP contribution >= 0.6 is 0 Å². The number of hydrogen-bond donors (Lipinski definition) is 2. The molecular formula is C16H19NO2. The van der Waals surface area contributed by atoms with Crippen molar-refractivity contribution in [3.05, 3.63) is 59.2 Å². The van der Waals surface area contributed by atoms with Gasteiger partial charge < -0.3 is 15.2 Å². The molecule has 0 saturated heterocycles. The van der Waals surface area contributed by atoms with Gasteiger partial charge in [0.1, 0.15) is 5.75 Å². The highest BCUT2D eigenvalue weighted by Gasteiger charge is 2.00. The highest BCUT2D eigenvalue weighted by molar-refractivity contribution is 5.53. The van der Waals surface area contributed by atoms with Crippen molar-refractivity contribution in [3.8, 4) is 5.75 Å². The van der Waals surface area contributed by atoms with E-state index < -0.39 is 0 Å². The Morgan fingerprint density at radius 3 is 2.32 bits per heavy atom. The fourth-order valence-corrected chi connectivity index (χ4v) is 1.92. The zero-order chi connectivity index (χ0) is 13.7. The van der Waals surface area contributed by atoms with E-state index >= 15 is 0 Å². The predicted octanol–water partition coefficient (Wildman–Crippen LogP) is 3.11. The van der Waals surface area contributed by atoms with Crippen molar-refractivity contribution in [3.63, 3.8) is 0 Å². The van der Waals surface area contributed by atoms with Crippen LogP contribution in [0.1, 0.15) is 16.7 Å². The smallest absolute Gasteiger partial charge is 0.119 e. The Morgan fingerprint density at radius 2 is 1.74 bits per heavy atom. The minimum atomic E-state index is 0.0886. The van der Waals surface area contributed by atoms with Crippen molar-refractivity contribution in [2.24, 2.45) is 0 Å². The van der Waals surface area contributed by atoms with Gasteiger partial charge in [-0.25, -0.2) is 0 Å². The number of nitrogens with one attached hydrogen (secondary N) is 1. The summed E-state index contributed by atoms with van der Waals surface area (Å²) >= 11 is 0. The Bertz CT molecular complexity index is 535. The Labute approximate surface area is 113 Å². The molecule has 0 aromatic heterocycles. The van der Waals surface area contributed by atoms with Gasteiger partial charge in [-0.1, -0.05) is 24.3 Å². The first-order chi connectivity index (χ1) is 9.22. The first-order valence-corrected chi connectivity index (χ1v) is 6.30. The SMILES string of the molecule is COc1ccc(NCc2ccc(CO)cc2)c(C)c1. The molecule has 0 radical (unpaired) electrons. The van der Waals surface area contributed by atoms with Crippen LogP contribution in [0.25, 0.3) is 0 Å². The van der Waals surface area contributed by atoms with Crippen molar-refractivity contribution in [1.82, 2.24) is 0 Å². The van der Waals surface area contributed by atoms with Gasteiger partial charge in [0.05, 0.1) is 13.7 Å². The van der Waals surface area contributed by atoms with Crippen LogP contribution in [0.3, 0.4) is 0 Å². The van der Waals surface area contributed by atoms with E-state index in [0.717, 1.165) is 29.1 Å². The first-order valence-electron chi connectivity index (χ1n) is 6.30. The normalized spacial score (nSPS) is 10.3. The number of ether oxygens (including phenoxy) is 1. The van der Waals surface area contributed by atoms with Crippen LogP contribution in [0, 0.1) is 6.92 Å². The Kier molecular flexibility index (Phi) is 4.42. The summed E-state index contributed by atoms with van der Waals surface area (Å²) < 4.78 is 5.19. The summed E-state index contributed by atoms with van der Waals surface area (Å²) in [5, 5.41) is 12.4. The number of aliphatic hydroxyl groups is 1. The summed E-state index contributed by atoms with van der Waals surface area (Å²) in [4.78, 5) is 0. The third-order valence-corrected chi connectivity index (χ3v) is 3.12. The summed E-state index contributed by atoms with van der Waals surface area (Å²) in [5.41, 5.74) is 4.38. The van der Waals surface area contributed by atoms with E-state index in [9.17, 15) is 0 Å². The van der Waals surface area contributed by atoms with Crippen LogP contribution in [0.4, 0.5) is 5.69 Å². The van der Waals surface area contributed by atoms with E-state index in [-0.39, 0.29) is 6.61 Å². The maximum atomic E-state index is 8.99. The van der Waals surface area contributed by atoms with E-state index in [1.165, 1.54) is 5.56 Å². The van der Waals surface area contributed by atoms with Crippen LogP contribution < -0.4 is 10.1 Å². The molecule has 2 rings (SSSR count). The monoisotopic (exact) mass is 257 g/mol. The maximum Gasteiger partial charge on any atom is 0.119 e. The number of hydrogen-bond acceptors (Lipinski definition) is 3. The van der Waals surface area contributed by atoms with Gasteiger partial charge in [0.25, 0.3) is 0 Å². The third kappa shape index (κ3) is 3.48. The van der Waals surface area contributed by atoms with E-state index in [0.29, 0.717) is 0 Å². The van der Waals surface area contributed by atoms with Gasteiger partial charge in [0.2, 0.25) is 0 Å². The van der Waals surface area contributed by atoms with E-state index in [2.05, 4.69) is 12.2 Å². The van der Waals surface area contributed by atoms with Crippen LogP contribution in [0.5, 0.6) is 5.75 Å². The Balaban J connectivity index is 2.01. The van der Waals surface area contributed by atoms with Crippen molar-refractivity contribution < 1.29 is 9.84 Å². The van der Waals surface area contributed by atoms with Crippen molar-refractivity contribution in [2.45, 2.75) is 20.1 Å². The molecule has 0 bridgehead atoms. The molecule has 2 aromatic rings. The van der Waals surface area contributed by atoms with E-state index in [1.807, 2.05) is 42.5 Å². The van der Waals surface area contributed by atoms with Crippen molar-refractivity contribution in [2.75, 3.05) is 12.4 Å². The Morgan fingerprint density at radius 1 is 1.05 bits per heavy atom. The van der Waals surface area contributed by atoms with E-state index in [1.54, 1.807) is 7.11 Å². The minimum absolute atomic E-state index is 0.0886. The molecular weight excluding hydrogens is 238 g/mol. The highest BCUT2D eigenvalue weighted by Crippen LogP contribution is 2.21. The molecule has 100 valence electrons. The number of aryl methyl sites for hydroxylation is 1. The molecule has 3 heteroatoms. The van der Waals surface area contributed by atoms with Gasteiger partial charge in [0, 0.05) is 12.2 Å². The summed E-state index contributed by atoms with van der Waals surface area (Å²) in [6.07, 6.45) is 0. The van der Waals surface area contributed by atoms with Gasteiger partial charge in [-0.3, -0.25) is 0 Å². The molecule has 0 atom stereocenters. The third-order valence-electron chi connectivity index (χ3n) is 3.12. The van der Waals surface area contributed by atoms with Gasteiger partial charge in [0.15, 0.2) is 0 Å². The van der Waals surface area contributed by atoms with Crippen molar-refractivity contribution in [1.29, 1.82) is 0 Å². The van der Waals surface area contributed by atoms with Crippen LogP contribution in [0.15, 0.2) is 42.5 Å². The highest BCUT2D eigenvalue weighted by atomic mass is 16.5. The molecule has 2 N–H and O–H groups in total. The molecule has 0 amide bonds. The van der Waals surface area contributed by atoms with E-state index in [4.69, 9.17) is 9.84 Å². The average Bonchev–Trinajstić information content (AvgIpc) is 2.46. The molecule has 0 aliphatic rings. The Hall–Kier alpha value is -2.00. The summed E-state index contributed by atoms with van der Waals surface area (Å²) in [6, 6.07) is 13.9. The first kappa shape index (κ1) is 13.4. The average molecular weight is 257 g/mol. The molecule has 19 heavy (non-hydrogen) atoms. The second-order valence-electron chi connectivity index (χ2n) is 4.51. The van der Waals surface area contributed by atoms with Gasteiger partial charge in [-0.15, -0.1) is 0 Å². The summed E-state index contributed by atoms with van der Waals surface area (Å²) in [6.45, 7) is 2.91. The lowest BCUT2D eigenvalue weighted by molar-refractivity contribution is 0.282. The molecule has 0 saturated carbocycles. The number of methoxy groups -OCH3 is 1. The molecule has 0 aliphatic heterocycles. The minimum Gasteiger partial charge on any atom is -0.497 e. The van der Waals surface area contributed by atoms with Crippen LogP contribution in [-0.4, -0.2) is 12.2 Å². The fraction of sp³-hybridized carbons (Fsp3) is 0.250. The lowest BCUT2D eigenvalue weighted by Crippen LogP contribution is -2.01. The molecule has 3 nitrogen and oxygen atoms in total. The zero-order valence-corrected chi connectivity index (χ0v) is 11.3. The maximum absolute atomic E-state index is 8.99. The topological polar surface area (TPSA) is 41.5 Å². The van der Waals surface area contributed by atoms with Gasteiger partial charge >= 0.3 is 0 Å². The molecule has 0 spiro atoms. The molecule has 0 heterocycles. The second kappa shape index (κ2) is 6.25. The standard InChI is InChI=1S/C16H19NO2/c1-12-9-15(19-2)7-8-16(12)17-10-13-3-5-14(11-18)6-4-13/h3-9,17-18H,10-11H2,1-2H3. The largest absolute Gasteiger partial charge is 0.497 e. The molecule has 0 aliphatic carbocycles. The number of rotatable bonds is 5. The predicted molar refractivity (Wildman–Crippen MR) is 77.4 cm³/mol. The summed E-state index contributed by atoms with van der Waals surface area (Å²) in [7, 11) is 1.67. The number of aliphatic hydroxyl groups excluding tert-OH is 1. The molecule has 0 fully saturated rings.